The van der Waals surface area contributed by atoms with Crippen molar-refractivity contribution >= 4 is 33.2 Å². The van der Waals surface area contributed by atoms with Crippen molar-refractivity contribution in [3.63, 3.8) is 0 Å². The van der Waals surface area contributed by atoms with Crippen molar-refractivity contribution in [2.45, 2.75) is 11.4 Å². The van der Waals surface area contributed by atoms with Crippen LogP contribution in [0.4, 0.5) is 4.39 Å². The van der Waals surface area contributed by atoms with E-state index in [0.29, 0.717) is 27.4 Å². The van der Waals surface area contributed by atoms with Crippen LogP contribution in [0.3, 0.4) is 0 Å². The molecular formula is C22H17ClFN3O3S. The fraction of sp³-hybridized carbons (Fsp3) is 0.0909. The number of hydrogen-bond donors (Lipinski definition) is 1. The maximum atomic E-state index is 13.1. The Hall–Kier alpha value is -3.23. The molecule has 0 aliphatic carbocycles. The van der Waals surface area contributed by atoms with Crippen molar-refractivity contribution in [2.24, 2.45) is 5.10 Å². The summed E-state index contributed by atoms with van der Waals surface area (Å²) in [6.45, 7) is -0.365. The minimum atomic E-state index is -4.05. The first-order valence-electron chi connectivity index (χ1n) is 9.32. The summed E-state index contributed by atoms with van der Waals surface area (Å²) in [6.07, 6.45) is 0. The zero-order valence-corrected chi connectivity index (χ0v) is 17.7. The summed E-state index contributed by atoms with van der Waals surface area (Å²) in [5, 5.41) is 7.30. The van der Waals surface area contributed by atoms with Crippen molar-refractivity contribution in [1.29, 1.82) is 0 Å². The molecule has 0 saturated heterocycles. The molecule has 158 valence electrons. The summed E-state index contributed by atoms with van der Waals surface area (Å²) in [6, 6.07) is 19.2. The van der Waals surface area contributed by atoms with Crippen LogP contribution in [-0.2, 0) is 21.4 Å². The monoisotopic (exact) mass is 457 g/mol. The Labute approximate surface area is 184 Å². The number of fused-ring (bicyclic) bond motifs is 1. The van der Waals surface area contributed by atoms with Gasteiger partial charge in [0, 0.05) is 22.7 Å². The number of halogens is 2. The molecule has 1 amide bonds. The second-order valence-electron chi connectivity index (χ2n) is 6.84. The number of amides is 1. The predicted octanol–water partition coefficient (Wildman–Crippen LogP) is 3.55. The first-order valence-corrected chi connectivity index (χ1v) is 11.1. The van der Waals surface area contributed by atoms with E-state index < -0.39 is 22.5 Å². The average Bonchev–Trinajstić information content (AvgIpc) is 2.76. The zero-order chi connectivity index (χ0) is 22.0. The molecule has 9 heteroatoms. The van der Waals surface area contributed by atoms with E-state index in [2.05, 4.69) is 10.4 Å². The molecule has 0 spiro atoms. The maximum Gasteiger partial charge on any atom is 0.280 e. The van der Waals surface area contributed by atoms with E-state index >= 15 is 0 Å². The molecule has 0 fully saturated rings. The lowest BCUT2D eigenvalue weighted by molar-refractivity contribution is -0.121. The van der Waals surface area contributed by atoms with Crippen molar-refractivity contribution in [3.05, 3.63) is 100 Å². The highest BCUT2D eigenvalue weighted by molar-refractivity contribution is 7.89. The van der Waals surface area contributed by atoms with Gasteiger partial charge in [0.1, 0.15) is 18.1 Å². The minimum Gasteiger partial charge on any atom is -0.350 e. The Balaban J connectivity index is 1.63. The van der Waals surface area contributed by atoms with Gasteiger partial charge >= 0.3 is 0 Å². The van der Waals surface area contributed by atoms with E-state index in [1.165, 1.54) is 24.3 Å². The third-order valence-corrected chi connectivity index (χ3v) is 6.61. The molecule has 3 aromatic carbocycles. The molecule has 4 rings (SSSR count). The number of hydrogen-bond acceptors (Lipinski definition) is 4. The highest BCUT2D eigenvalue weighted by atomic mass is 35.5. The summed E-state index contributed by atoms with van der Waals surface area (Å²) in [4.78, 5) is 12.5. The Morgan fingerprint density at radius 1 is 1.03 bits per heavy atom. The van der Waals surface area contributed by atoms with Gasteiger partial charge in [-0.25, -0.2) is 4.39 Å². The standard InChI is InChI=1S/C22H17ClFN3O3S/c23-17-8-11-20-19(12-17)22(16-4-2-1-3-5-16)26-27(31(20,29)30)14-21(28)25-13-15-6-9-18(24)10-7-15/h1-12H,13-14H2,(H,25,28). The van der Waals surface area contributed by atoms with Crippen molar-refractivity contribution < 1.29 is 17.6 Å². The molecule has 3 aromatic rings. The largest absolute Gasteiger partial charge is 0.350 e. The van der Waals surface area contributed by atoms with E-state index in [4.69, 9.17) is 11.6 Å². The second kappa shape index (κ2) is 8.49. The molecule has 31 heavy (non-hydrogen) atoms. The summed E-state index contributed by atoms with van der Waals surface area (Å²) in [7, 11) is -4.05. The Morgan fingerprint density at radius 2 is 1.74 bits per heavy atom. The molecular weight excluding hydrogens is 441 g/mol. The summed E-state index contributed by atoms with van der Waals surface area (Å²) < 4.78 is 40.0. The smallest absolute Gasteiger partial charge is 0.280 e. The van der Waals surface area contributed by atoms with Gasteiger partial charge in [-0.05, 0) is 35.9 Å². The fourth-order valence-corrected chi connectivity index (χ4v) is 4.71. The molecule has 1 aliphatic rings. The van der Waals surface area contributed by atoms with Crippen molar-refractivity contribution in [3.8, 4) is 0 Å². The maximum absolute atomic E-state index is 13.1. The Morgan fingerprint density at radius 3 is 2.45 bits per heavy atom. The van der Waals surface area contributed by atoms with Gasteiger partial charge in [0.25, 0.3) is 10.0 Å². The van der Waals surface area contributed by atoms with E-state index in [1.807, 2.05) is 18.2 Å². The summed E-state index contributed by atoms with van der Waals surface area (Å²) in [5.74, 6) is -0.919. The molecule has 0 unspecified atom stereocenters. The molecule has 1 heterocycles. The van der Waals surface area contributed by atoms with Gasteiger partial charge in [0.2, 0.25) is 5.91 Å². The second-order valence-corrected chi connectivity index (χ2v) is 9.09. The van der Waals surface area contributed by atoms with Crippen molar-refractivity contribution in [2.75, 3.05) is 6.54 Å². The van der Waals surface area contributed by atoms with Crippen LogP contribution in [0.15, 0.2) is 82.8 Å². The number of carbonyl (C=O) groups excluding carboxylic acids is 1. The van der Waals surface area contributed by atoms with Gasteiger partial charge in [0.05, 0.1) is 4.90 Å². The highest BCUT2D eigenvalue weighted by Crippen LogP contribution is 2.30. The normalized spacial score (nSPS) is 14.5. The molecule has 0 bridgehead atoms. The molecule has 0 saturated carbocycles. The quantitative estimate of drug-likeness (QED) is 0.636. The number of sulfonamides is 1. The molecule has 6 nitrogen and oxygen atoms in total. The lowest BCUT2D eigenvalue weighted by atomic mass is 10.0. The van der Waals surface area contributed by atoms with Gasteiger partial charge in [-0.3, -0.25) is 4.79 Å². The van der Waals surface area contributed by atoms with Gasteiger partial charge < -0.3 is 5.32 Å². The van der Waals surface area contributed by atoms with Crippen LogP contribution < -0.4 is 5.32 Å². The highest BCUT2D eigenvalue weighted by Gasteiger charge is 2.34. The summed E-state index contributed by atoms with van der Waals surface area (Å²) >= 11 is 6.10. The average molecular weight is 458 g/mol. The van der Waals surface area contributed by atoms with Crippen LogP contribution in [0.25, 0.3) is 0 Å². The molecule has 0 atom stereocenters. The van der Waals surface area contributed by atoms with Gasteiger partial charge in [0.15, 0.2) is 0 Å². The predicted molar refractivity (Wildman–Crippen MR) is 116 cm³/mol. The summed E-state index contributed by atoms with van der Waals surface area (Å²) in [5.41, 5.74) is 2.16. The van der Waals surface area contributed by atoms with Crippen LogP contribution in [0.1, 0.15) is 16.7 Å². The van der Waals surface area contributed by atoms with Gasteiger partial charge in [-0.1, -0.05) is 54.1 Å². The van der Waals surface area contributed by atoms with E-state index in [-0.39, 0.29) is 17.3 Å². The third kappa shape index (κ3) is 4.45. The first-order chi connectivity index (χ1) is 14.8. The van der Waals surface area contributed by atoms with Gasteiger partial charge in [-0.15, -0.1) is 0 Å². The topological polar surface area (TPSA) is 78.8 Å². The molecule has 0 aromatic heterocycles. The van der Waals surface area contributed by atoms with E-state index in [9.17, 15) is 17.6 Å². The third-order valence-electron chi connectivity index (χ3n) is 4.69. The SMILES string of the molecule is O=C(CN1N=C(c2ccccc2)c2cc(Cl)ccc2S1(=O)=O)NCc1ccc(F)cc1. The number of benzene rings is 3. The Bertz CT molecular complexity index is 1260. The molecule has 1 aliphatic heterocycles. The lowest BCUT2D eigenvalue weighted by Gasteiger charge is -2.27. The number of carbonyl (C=O) groups is 1. The molecule has 1 N–H and O–H groups in total. The van der Waals surface area contributed by atoms with Gasteiger partial charge in [-0.2, -0.15) is 17.9 Å². The first kappa shape index (κ1) is 21.0. The Kier molecular flexibility index (Phi) is 5.75. The number of rotatable bonds is 5. The van der Waals surface area contributed by atoms with Crippen LogP contribution in [0.2, 0.25) is 5.02 Å². The lowest BCUT2D eigenvalue weighted by Crippen LogP contribution is -2.40. The number of nitrogens with zero attached hydrogens (tertiary/aromatic N) is 2. The van der Waals surface area contributed by atoms with Crippen LogP contribution >= 0.6 is 11.6 Å². The molecule has 0 radical (unpaired) electrons. The van der Waals surface area contributed by atoms with E-state index in [0.717, 1.165) is 4.41 Å². The van der Waals surface area contributed by atoms with Crippen LogP contribution in [0.5, 0.6) is 0 Å². The fourth-order valence-electron chi connectivity index (χ4n) is 3.16. The van der Waals surface area contributed by atoms with Crippen molar-refractivity contribution in [1.82, 2.24) is 9.73 Å². The zero-order valence-electron chi connectivity index (χ0n) is 16.1. The van der Waals surface area contributed by atoms with E-state index in [1.54, 1.807) is 30.3 Å². The number of hydrazone groups is 1. The van der Waals surface area contributed by atoms with Crippen LogP contribution in [-0.4, -0.2) is 31.0 Å². The number of nitrogens with one attached hydrogen (secondary N) is 1. The minimum absolute atomic E-state index is 0.0251. The van der Waals surface area contributed by atoms with Crippen LogP contribution in [0, 0.1) is 5.82 Å².